The number of likely N-dealkylation sites (tertiary alicyclic amines) is 1. The van der Waals surface area contributed by atoms with Gasteiger partial charge in [-0.2, -0.15) is 0 Å². The molecule has 2 aromatic heterocycles. The Morgan fingerprint density at radius 2 is 1.88 bits per heavy atom. The third-order valence-electron chi connectivity index (χ3n) is 5.13. The van der Waals surface area contributed by atoms with Crippen molar-refractivity contribution in [1.29, 1.82) is 0 Å². The number of hydrogen-bond acceptors (Lipinski definition) is 5. The fourth-order valence-corrected chi connectivity index (χ4v) is 3.84. The molecule has 5 rings (SSSR count). The fraction of sp³-hybridized carbons (Fsp3) is 0.316. The Labute approximate surface area is 150 Å². The summed E-state index contributed by atoms with van der Waals surface area (Å²) in [7, 11) is 0. The van der Waals surface area contributed by atoms with Crippen LogP contribution < -0.4 is 0 Å². The minimum atomic E-state index is -0.205. The predicted octanol–water partition coefficient (Wildman–Crippen LogP) is 2.43. The average Bonchev–Trinajstić information content (AvgIpc) is 3.27. The molecule has 0 saturated carbocycles. The van der Waals surface area contributed by atoms with Crippen LogP contribution in [0.2, 0.25) is 0 Å². The van der Waals surface area contributed by atoms with Crippen LogP contribution in [0.4, 0.5) is 4.39 Å². The molecule has 3 aromatic rings. The van der Waals surface area contributed by atoms with Crippen molar-refractivity contribution in [3.8, 4) is 11.3 Å². The number of ether oxygens (including phenoxy) is 1. The van der Waals surface area contributed by atoms with Gasteiger partial charge in [0.25, 0.3) is 0 Å². The summed E-state index contributed by atoms with van der Waals surface area (Å²) in [4.78, 5) is 6.38. The summed E-state index contributed by atoms with van der Waals surface area (Å²) in [6.07, 6.45) is 3.62. The molecule has 0 amide bonds. The summed E-state index contributed by atoms with van der Waals surface area (Å²) in [6, 6.07) is 10.7. The molecule has 26 heavy (non-hydrogen) atoms. The lowest BCUT2D eigenvalue weighted by atomic mass is 10.1. The molecule has 6 nitrogen and oxygen atoms in total. The number of pyridine rings is 1. The van der Waals surface area contributed by atoms with E-state index < -0.39 is 0 Å². The van der Waals surface area contributed by atoms with Gasteiger partial charge >= 0.3 is 0 Å². The molecule has 0 aliphatic carbocycles. The van der Waals surface area contributed by atoms with Crippen LogP contribution in [0.15, 0.2) is 48.8 Å². The smallest absolute Gasteiger partial charge is 0.123 e. The van der Waals surface area contributed by atoms with E-state index >= 15 is 0 Å². The van der Waals surface area contributed by atoms with Gasteiger partial charge in [-0.15, -0.1) is 5.10 Å². The van der Waals surface area contributed by atoms with Gasteiger partial charge < -0.3 is 4.74 Å². The molecule has 7 heteroatoms. The van der Waals surface area contributed by atoms with Crippen molar-refractivity contribution in [3.63, 3.8) is 0 Å². The Bertz CT molecular complexity index is 911. The van der Waals surface area contributed by atoms with Crippen LogP contribution >= 0.6 is 0 Å². The zero-order valence-corrected chi connectivity index (χ0v) is 14.1. The van der Waals surface area contributed by atoms with Crippen molar-refractivity contribution in [3.05, 3.63) is 65.9 Å². The number of rotatable bonds is 3. The van der Waals surface area contributed by atoms with Crippen molar-refractivity contribution in [1.82, 2.24) is 24.9 Å². The van der Waals surface area contributed by atoms with Gasteiger partial charge in [0.1, 0.15) is 11.5 Å². The summed E-state index contributed by atoms with van der Waals surface area (Å²) in [5.41, 5.74) is 3.98. The van der Waals surface area contributed by atoms with E-state index in [1.807, 2.05) is 28.9 Å². The van der Waals surface area contributed by atoms with E-state index in [1.165, 1.54) is 12.1 Å². The van der Waals surface area contributed by atoms with Crippen LogP contribution in [0.1, 0.15) is 17.3 Å². The van der Waals surface area contributed by atoms with E-state index in [0.29, 0.717) is 6.61 Å². The molecule has 132 valence electrons. The standard InChI is InChI=1S/C19H18FN5O/c20-15-3-1-13(2-4-15)9-24-10-16-18(11-24)26-12-17-19(22-23-25(16)17)14-5-7-21-8-6-14/h1-8,16,18H,9-12H2/t16-,18+/m0/s1. The zero-order chi connectivity index (χ0) is 17.5. The first-order valence-corrected chi connectivity index (χ1v) is 8.71. The highest BCUT2D eigenvalue weighted by molar-refractivity contribution is 5.60. The molecule has 0 N–H and O–H groups in total. The van der Waals surface area contributed by atoms with Crippen LogP contribution in [-0.4, -0.2) is 44.1 Å². The normalized spacial score (nSPS) is 22.2. The number of fused-ring (bicyclic) bond motifs is 3. The Kier molecular flexibility index (Phi) is 3.76. The van der Waals surface area contributed by atoms with Crippen LogP contribution in [0.5, 0.6) is 0 Å². The fourth-order valence-electron chi connectivity index (χ4n) is 3.84. The van der Waals surface area contributed by atoms with Gasteiger partial charge in [0.05, 0.1) is 24.4 Å². The highest BCUT2D eigenvalue weighted by atomic mass is 19.1. The number of aromatic nitrogens is 4. The van der Waals surface area contributed by atoms with Crippen molar-refractivity contribution in [2.75, 3.05) is 13.1 Å². The molecule has 2 aliphatic heterocycles. The molecule has 0 unspecified atom stereocenters. The lowest BCUT2D eigenvalue weighted by Gasteiger charge is -2.26. The lowest BCUT2D eigenvalue weighted by molar-refractivity contribution is -0.00494. The van der Waals surface area contributed by atoms with Crippen molar-refractivity contribution in [2.24, 2.45) is 0 Å². The van der Waals surface area contributed by atoms with Gasteiger partial charge in [0.2, 0.25) is 0 Å². The monoisotopic (exact) mass is 351 g/mol. The molecule has 1 aromatic carbocycles. The Morgan fingerprint density at radius 1 is 1.08 bits per heavy atom. The first-order valence-electron chi connectivity index (χ1n) is 8.71. The molecule has 0 spiro atoms. The van der Waals surface area contributed by atoms with E-state index in [-0.39, 0.29) is 18.0 Å². The molecule has 0 bridgehead atoms. The molecule has 1 saturated heterocycles. The summed E-state index contributed by atoms with van der Waals surface area (Å²) in [6.45, 7) is 2.97. The summed E-state index contributed by atoms with van der Waals surface area (Å²) >= 11 is 0. The molecular formula is C19H18FN5O. The minimum Gasteiger partial charge on any atom is -0.368 e. The van der Waals surface area contributed by atoms with Crippen LogP contribution in [0, 0.1) is 5.82 Å². The van der Waals surface area contributed by atoms with E-state index in [9.17, 15) is 4.39 Å². The van der Waals surface area contributed by atoms with Crippen molar-refractivity contribution in [2.45, 2.75) is 25.3 Å². The topological polar surface area (TPSA) is 56.1 Å². The summed E-state index contributed by atoms with van der Waals surface area (Å²) in [5, 5.41) is 8.81. The summed E-state index contributed by atoms with van der Waals surface area (Å²) < 4.78 is 21.2. The summed E-state index contributed by atoms with van der Waals surface area (Å²) in [5.74, 6) is -0.205. The Hall–Kier alpha value is -2.64. The average molecular weight is 351 g/mol. The first-order chi connectivity index (χ1) is 12.8. The van der Waals surface area contributed by atoms with Gasteiger partial charge in [0.15, 0.2) is 0 Å². The SMILES string of the molecule is Fc1ccc(CN2C[C@H]3OCc4c(-c5ccncc5)nnn4[C@H]3C2)cc1. The van der Waals surface area contributed by atoms with Crippen LogP contribution in [0.25, 0.3) is 11.3 Å². The highest BCUT2D eigenvalue weighted by Gasteiger charge is 2.40. The Balaban J connectivity index is 1.37. The number of hydrogen-bond donors (Lipinski definition) is 0. The quantitative estimate of drug-likeness (QED) is 0.725. The van der Waals surface area contributed by atoms with E-state index in [4.69, 9.17) is 4.74 Å². The third kappa shape index (κ3) is 2.69. The second kappa shape index (κ2) is 6.26. The zero-order valence-electron chi connectivity index (χ0n) is 14.1. The maximum atomic E-state index is 13.1. The number of halogens is 1. The van der Waals surface area contributed by atoms with Crippen LogP contribution in [0.3, 0.4) is 0 Å². The first kappa shape index (κ1) is 15.6. The van der Waals surface area contributed by atoms with Gasteiger partial charge in [-0.1, -0.05) is 17.3 Å². The van der Waals surface area contributed by atoms with Gasteiger partial charge in [-0.25, -0.2) is 9.07 Å². The highest BCUT2D eigenvalue weighted by Crippen LogP contribution is 2.34. The molecule has 4 heterocycles. The van der Waals surface area contributed by atoms with E-state index in [2.05, 4.69) is 20.2 Å². The largest absolute Gasteiger partial charge is 0.368 e. The van der Waals surface area contributed by atoms with Crippen molar-refractivity contribution < 1.29 is 9.13 Å². The minimum absolute atomic E-state index is 0.106. The maximum absolute atomic E-state index is 13.1. The Morgan fingerprint density at radius 3 is 2.69 bits per heavy atom. The van der Waals surface area contributed by atoms with Gasteiger partial charge in [0, 0.05) is 37.6 Å². The molecule has 2 atom stereocenters. The third-order valence-corrected chi connectivity index (χ3v) is 5.13. The second-order valence-corrected chi connectivity index (χ2v) is 6.80. The molecule has 2 aliphatic rings. The second-order valence-electron chi connectivity index (χ2n) is 6.80. The molecule has 1 fully saturated rings. The maximum Gasteiger partial charge on any atom is 0.123 e. The molecular weight excluding hydrogens is 333 g/mol. The van der Waals surface area contributed by atoms with Gasteiger partial charge in [-0.05, 0) is 29.8 Å². The number of nitrogens with zero attached hydrogens (tertiary/aromatic N) is 5. The van der Waals surface area contributed by atoms with E-state index in [1.54, 1.807) is 12.4 Å². The lowest BCUT2D eigenvalue weighted by Crippen LogP contribution is -2.32. The van der Waals surface area contributed by atoms with Crippen molar-refractivity contribution >= 4 is 0 Å². The molecule has 0 radical (unpaired) electrons. The van der Waals surface area contributed by atoms with E-state index in [0.717, 1.165) is 42.1 Å². The van der Waals surface area contributed by atoms with Crippen LogP contribution in [-0.2, 0) is 17.9 Å². The number of benzene rings is 1. The van der Waals surface area contributed by atoms with Gasteiger partial charge in [-0.3, -0.25) is 9.88 Å². The predicted molar refractivity (Wildman–Crippen MR) is 92.5 cm³/mol.